The molecule has 10 heteroatoms. The summed E-state index contributed by atoms with van der Waals surface area (Å²) in [7, 11) is -4.21. The Morgan fingerprint density at radius 1 is 0.862 bits per heavy atom. The maximum absolute atomic E-state index is 14.3. The van der Waals surface area contributed by atoms with E-state index in [-0.39, 0.29) is 22.0 Å². The van der Waals surface area contributed by atoms with Crippen molar-refractivity contribution in [3.8, 4) is 0 Å². The second kappa shape index (κ2) is 8.14. The highest BCUT2D eigenvalue weighted by atomic mass is 35.5. The lowest BCUT2D eigenvalue weighted by Crippen LogP contribution is -2.16. The third-order valence-electron chi connectivity index (χ3n) is 3.79. The Hall–Kier alpha value is -3.04. The van der Waals surface area contributed by atoms with Crippen molar-refractivity contribution in [1.82, 2.24) is 0 Å². The van der Waals surface area contributed by atoms with Crippen molar-refractivity contribution in [1.29, 1.82) is 0 Å². The largest absolute Gasteiger partial charge is 0.319 e. The van der Waals surface area contributed by atoms with Gasteiger partial charge < -0.3 is 5.32 Å². The molecular formula is C19H12ClF3N2O3S. The molecule has 29 heavy (non-hydrogen) atoms. The van der Waals surface area contributed by atoms with E-state index in [1.54, 1.807) is 0 Å². The molecule has 150 valence electrons. The number of carbonyl (C=O) groups excluding carboxylic acids is 1. The molecule has 0 fully saturated rings. The third kappa shape index (κ3) is 4.69. The standard InChI is InChI=1S/C19H12ClF3N2O3S/c20-14-9-11(5-7-16(14)22)25-29(27,28)12-6-8-18(17(23)10-12)24-19(26)13-3-1-2-4-15(13)21/h1-10,25H,(H,24,26). The van der Waals surface area contributed by atoms with E-state index in [9.17, 15) is 26.4 Å². The van der Waals surface area contributed by atoms with Crippen LogP contribution in [0.3, 0.4) is 0 Å². The zero-order valence-corrected chi connectivity index (χ0v) is 16.0. The summed E-state index contributed by atoms with van der Waals surface area (Å²) < 4.78 is 68.1. The Morgan fingerprint density at radius 3 is 2.24 bits per heavy atom. The number of rotatable bonds is 5. The van der Waals surface area contributed by atoms with E-state index in [1.165, 1.54) is 18.2 Å². The number of anilines is 2. The molecule has 2 N–H and O–H groups in total. The molecule has 1 amide bonds. The number of benzene rings is 3. The highest BCUT2D eigenvalue weighted by Crippen LogP contribution is 2.24. The van der Waals surface area contributed by atoms with E-state index in [2.05, 4.69) is 10.0 Å². The lowest BCUT2D eigenvalue weighted by molar-refractivity contribution is 0.102. The van der Waals surface area contributed by atoms with E-state index in [1.807, 2.05) is 0 Å². The summed E-state index contributed by atoms with van der Waals surface area (Å²) >= 11 is 5.61. The van der Waals surface area contributed by atoms with Gasteiger partial charge in [-0.1, -0.05) is 23.7 Å². The quantitative estimate of drug-likeness (QED) is 0.597. The van der Waals surface area contributed by atoms with Crippen LogP contribution in [0.15, 0.2) is 65.6 Å². The van der Waals surface area contributed by atoms with E-state index >= 15 is 0 Å². The molecule has 0 bridgehead atoms. The molecule has 0 aromatic heterocycles. The monoisotopic (exact) mass is 440 g/mol. The first kappa shape index (κ1) is 20.7. The van der Waals surface area contributed by atoms with Gasteiger partial charge in [-0.05, 0) is 48.5 Å². The third-order valence-corrected chi connectivity index (χ3v) is 5.46. The van der Waals surface area contributed by atoms with Gasteiger partial charge in [-0.3, -0.25) is 9.52 Å². The minimum absolute atomic E-state index is 0.0197. The zero-order chi connectivity index (χ0) is 21.2. The SMILES string of the molecule is O=C(Nc1ccc(S(=O)(=O)Nc2ccc(F)c(Cl)c2)cc1F)c1ccccc1F. The molecule has 0 aliphatic carbocycles. The van der Waals surface area contributed by atoms with Crippen LogP contribution in [0, 0.1) is 17.5 Å². The van der Waals surface area contributed by atoms with Crippen molar-refractivity contribution >= 4 is 38.9 Å². The Kier molecular flexibility index (Phi) is 5.81. The number of halogens is 4. The molecule has 0 atom stereocenters. The Bertz CT molecular complexity index is 1200. The van der Waals surface area contributed by atoms with Gasteiger partial charge in [-0.2, -0.15) is 0 Å². The molecule has 0 unspecified atom stereocenters. The van der Waals surface area contributed by atoms with Crippen LogP contribution < -0.4 is 10.0 Å². The molecule has 5 nitrogen and oxygen atoms in total. The molecule has 3 rings (SSSR count). The van der Waals surface area contributed by atoms with Crippen molar-refractivity contribution in [2.24, 2.45) is 0 Å². The average molecular weight is 441 g/mol. The lowest BCUT2D eigenvalue weighted by Gasteiger charge is -2.11. The number of amides is 1. The smallest absolute Gasteiger partial charge is 0.261 e. The van der Waals surface area contributed by atoms with Gasteiger partial charge in [0.05, 0.1) is 26.9 Å². The molecule has 0 aliphatic heterocycles. The highest BCUT2D eigenvalue weighted by molar-refractivity contribution is 7.92. The average Bonchev–Trinajstić information content (AvgIpc) is 2.66. The lowest BCUT2D eigenvalue weighted by atomic mass is 10.2. The fraction of sp³-hybridized carbons (Fsp3) is 0. The number of sulfonamides is 1. The molecule has 0 aliphatic rings. The van der Waals surface area contributed by atoms with E-state index in [0.29, 0.717) is 6.07 Å². The molecule has 0 saturated carbocycles. The summed E-state index contributed by atoms with van der Waals surface area (Å²) in [6, 6.07) is 11.1. The number of hydrogen-bond acceptors (Lipinski definition) is 3. The van der Waals surface area contributed by atoms with Gasteiger partial charge in [0.25, 0.3) is 15.9 Å². The van der Waals surface area contributed by atoms with Gasteiger partial charge >= 0.3 is 0 Å². The molecule has 0 spiro atoms. The van der Waals surface area contributed by atoms with E-state index in [0.717, 1.165) is 36.4 Å². The predicted molar refractivity (Wildman–Crippen MR) is 103 cm³/mol. The van der Waals surface area contributed by atoms with Crippen LogP contribution in [0.1, 0.15) is 10.4 Å². The zero-order valence-electron chi connectivity index (χ0n) is 14.4. The van der Waals surface area contributed by atoms with Crippen LogP contribution in [0.2, 0.25) is 5.02 Å². The Labute approximate surface area is 169 Å². The summed E-state index contributed by atoms with van der Waals surface area (Å²) in [6.45, 7) is 0. The van der Waals surface area contributed by atoms with Gasteiger partial charge in [0, 0.05) is 0 Å². The Morgan fingerprint density at radius 2 is 1.59 bits per heavy atom. The topological polar surface area (TPSA) is 75.3 Å². The van der Waals surface area contributed by atoms with Crippen LogP contribution in [0.25, 0.3) is 0 Å². The molecule has 0 radical (unpaired) electrons. The van der Waals surface area contributed by atoms with Crippen LogP contribution in [0.5, 0.6) is 0 Å². The summed E-state index contributed by atoms with van der Waals surface area (Å²) in [4.78, 5) is 11.6. The van der Waals surface area contributed by atoms with Crippen LogP contribution in [-0.4, -0.2) is 14.3 Å². The second-order valence-electron chi connectivity index (χ2n) is 5.81. The van der Waals surface area contributed by atoms with Gasteiger partial charge in [0.1, 0.15) is 17.5 Å². The maximum atomic E-state index is 14.3. The normalized spacial score (nSPS) is 11.2. The van der Waals surface area contributed by atoms with E-state index in [4.69, 9.17) is 11.6 Å². The van der Waals surface area contributed by atoms with Crippen molar-refractivity contribution < 1.29 is 26.4 Å². The van der Waals surface area contributed by atoms with Crippen molar-refractivity contribution in [3.63, 3.8) is 0 Å². The van der Waals surface area contributed by atoms with Gasteiger partial charge in [-0.25, -0.2) is 21.6 Å². The van der Waals surface area contributed by atoms with Gasteiger partial charge in [0.2, 0.25) is 0 Å². The van der Waals surface area contributed by atoms with Gasteiger partial charge in [0.15, 0.2) is 0 Å². The maximum Gasteiger partial charge on any atom is 0.261 e. The molecule has 0 heterocycles. The summed E-state index contributed by atoms with van der Waals surface area (Å²) in [5, 5.41) is 1.89. The minimum Gasteiger partial charge on any atom is -0.319 e. The number of carbonyl (C=O) groups is 1. The Balaban J connectivity index is 1.82. The fourth-order valence-corrected chi connectivity index (χ4v) is 3.61. The first-order valence-corrected chi connectivity index (χ1v) is 9.87. The van der Waals surface area contributed by atoms with Crippen molar-refractivity contribution in [3.05, 3.63) is 88.7 Å². The fourth-order valence-electron chi connectivity index (χ4n) is 2.37. The highest BCUT2D eigenvalue weighted by Gasteiger charge is 2.19. The van der Waals surface area contributed by atoms with Gasteiger partial charge in [-0.15, -0.1) is 0 Å². The first-order chi connectivity index (χ1) is 13.7. The molecule has 3 aromatic rings. The van der Waals surface area contributed by atoms with Crippen molar-refractivity contribution in [2.45, 2.75) is 4.90 Å². The second-order valence-corrected chi connectivity index (χ2v) is 7.90. The van der Waals surface area contributed by atoms with Crippen LogP contribution in [-0.2, 0) is 10.0 Å². The summed E-state index contributed by atoms with van der Waals surface area (Å²) in [5.74, 6) is -3.45. The predicted octanol–water partition coefficient (Wildman–Crippen LogP) is 4.81. The molecule has 3 aromatic carbocycles. The first-order valence-electron chi connectivity index (χ1n) is 8.01. The van der Waals surface area contributed by atoms with Crippen LogP contribution >= 0.6 is 11.6 Å². The molecule has 0 saturated heterocycles. The van der Waals surface area contributed by atoms with Crippen molar-refractivity contribution in [2.75, 3.05) is 10.0 Å². The molecular weight excluding hydrogens is 429 g/mol. The minimum atomic E-state index is -4.21. The summed E-state index contributed by atoms with van der Waals surface area (Å²) in [5.41, 5.74) is -0.644. The number of nitrogens with one attached hydrogen (secondary N) is 2. The van der Waals surface area contributed by atoms with Crippen LogP contribution in [0.4, 0.5) is 24.5 Å². The number of hydrogen-bond donors (Lipinski definition) is 2. The van der Waals surface area contributed by atoms with E-state index < -0.39 is 38.3 Å². The summed E-state index contributed by atoms with van der Waals surface area (Å²) in [6.07, 6.45) is 0.